The summed E-state index contributed by atoms with van der Waals surface area (Å²) in [5.74, 6) is -1.55. The standard InChI is InChI=1S/C11H8FNO3.ClH/c1-6-9(11(14)15)13-10(16-6)7-4-2-3-5-8(7)12;/h2-5H,1H3,(H,14,15);1H. The van der Waals surface area contributed by atoms with Crippen LogP contribution >= 0.6 is 12.4 Å². The first-order chi connectivity index (χ1) is 7.59. The summed E-state index contributed by atoms with van der Waals surface area (Å²) in [5, 5.41) is 8.78. The van der Waals surface area contributed by atoms with Gasteiger partial charge in [-0.05, 0) is 19.1 Å². The van der Waals surface area contributed by atoms with Crippen LogP contribution in [-0.2, 0) is 0 Å². The van der Waals surface area contributed by atoms with E-state index in [4.69, 9.17) is 9.52 Å². The Kier molecular flexibility index (Phi) is 3.85. The van der Waals surface area contributed by atoms with Crippen molar-refractivity contribution in [2.45, 2.75) is 6.92 Å². The second-order valence-corrected chi connectivity index (χ2v) is 3.21. The van der Waals surface area contributed by atoms with Gasteiger partial charge in [0.2, 0.25) is 5.89 Å². The predicted octanol–water partition coefficient (Wildman–Crippen LogP) is 2.91. The maximum Gasteiger partial charge on any atom is 0.358 e. The van der Waals surface area contributed by atoms with Crippen LogP contribution in [-0.4, -0.2) is 16.1 Å². The Balaban J connectivity index is 0.00000144. The van der Waals surface area contributed by atoms with Crippen LogP contribution in [0.1, 0.15) is 16.2 Å². The van der Waals surface area contributed by atoms with Gasteiger partial charge < -0.3 is 9.52 Å². The summed E-state index contributed by atoms with van der Waals surface area (Å²) < 4.78 is 18.5. The number of carboxylic acids is 1. The maximum atomic E-state index is 13.4. The Hall–Kier alpha value is -1.88. The summed E-state index contributed by atoms with van der Waals surface area (Å²) in [6.45, 7) is 1.47. The fraction of sp³-hybridized carbons (Fsp3) is 0.0909. The van der Waals surface area contributed by atoms with E-state index < -0.39 is 11.8 Å². The third-order valence-corrected chi connectivity index (χ3v) is 2.10. The molecule has 1 aromatic heterocycles. The van der Waals surface area contributed by atoms with E-state index in [9.17, 15) is 9.18 Å². The van der Waals surface area contributed by atoms with Crippen molar-refractivity contribution < 1.29 is 18.7 Å². The number of rotatable bonds is 2. The largest absolute Gasteiger partial charge is 0.476 e. The highest BCUT2D eigenvalue weighted by molar-refractivity contribution is 5.87. The number of aromatic nitrogens is 1. The van der Waals surface area contributed by atoms with Gasteiger partial charge in [0.05, 0.1) is 5.56 Å². The van der Waals surface area contributed by atoms with Gasteiger partial charge in [-0.25, -0.2) is 14.2 Å². The second-order valence-electron chi connectivity index (χ2n) is 3.21. The van der Waals surface area contributed by atoms with Gasteiger partial charge in [0.1, 0.15) is 11.6 Å². The number of carbonyl (C=O) groups is 1. The lowest BCUT2D eigenvalue weighted by atomic mass is 10.2. The number of hydrogen-bond acceptors (Lipinski definition) is 3. The molecule has 0 fully saturated rings. The lowest BCUT2D eigenvalue weighted by Crippen LogP contribution is -1.98. The van der Waals surface area contributed by atoms with Crippen LogP contribution in [0.15, 0.2) is 28.7 Å². The number of nitrogens with zero attached hydrogens (tertiary/aromatic N) is 1. The van der Waals surface area contributed by atoms with Gasteiger partial charge >= 0.3 is 5.97 Å². The zero-order chi connectivity index (χ0) is 11.7. The van der Waals surface area contributed by atoms with Gasteiger partial charge in [0.25, 0.3) is 0 Å². The number of hydrogen-bond donors (Lipinski definition) is 1. The van der Waals surface area contributed by atoms with Crippen molar-refractivity contribution >= 4 is 18.4 Å². The van der Waals surface area contributed by atoms with Crippen LogP contribution in [0.2, 0.25) is 0 Å². The SMILES string of the molecule is Cc1oc(-c2ccccc2F)nc1C(=O)O.Cl. The Morgan fingerprint density at radius 3 is 2.59 bits per heavy atom. The molecule has 0 atom stereocenters. The molecule has 17 heavy (non-hydrogen) atoms. The normalized spacial score (nSPS) is 9.76. The Labute approximate surface area is 103 Å². The molecular weight excluding hydrogens is 249 g/mol. The highest BCUT2D eigenvalue weighted by Gasteiger charge is 2.18. The molecule has 0 amide bonds. The summed E-state index contributed by atoms with van der Waals surface area (Å²) >= 11 is 0. The molecule has 0 saturated heterocycles. The van der Waals surface area contributed by atoms with E-state index in [1.807, 2.05) is 0 Å². The number of halogens is 2. The molecule has 90 valence electrons. The quantitative estimate of drug-likeness (QED) is 0.898. The van der Waals surface area contributed by atoms with Crippen molar-refractivity contribution in [2.75, 3.05) is 0 Å². The minimum Gasteiger partial charge on any atom is -0.476 e. The van der Waals surface area contributed by atoms with Crippen molar-refractivity contribution in [2.24, 2.45) is 0 Å². The van der Waals surface area contributed by atoms with Crippen molar-refractivity contribution in [1.82, 2.24) is 4.98 Å². The predicted molar refractivity (Wildman–Crippen MR) is 60.8 cm³/mol. The Morgan fingerprint density at radius 1 is 1.41 bits per heavy atom. The van der Waals surface area contributed by atoms with Crippen molar-refractivity contribution in [3.05, 3.63) is 41.5 Å². The third kappa shape index (κ3) is 2.45. The lowest BCUT2D eigenvalue weighted by Gasteiger charge is -1.95. The average molecular weight is 258 g/mol. The minimum absolute atomic E-state index is 0. The number of aromatic carboxylic acids is 1. The van der Waals surface area contributed by atoms with Gasteiger partial charge in [-0.2, -0.15) is 0 Å². The van der Waals surface area contributed by atoms with Crippen LogP contribution in [0, 0.1) is 12.7 Å². The van der Waals surface area contributed by atoms with Gasteiger partial charge in [0.15, 0.2) is 5.69 Å². The summed E-state index contributed by atoms with van der Waals surface area (Å²) in [7, 11) is 0. The number of carboxylic acid groups (broad SMARTS) is 1. The highest BCUT2D eigenvalue weighted by Crippen LogP contribution is 2.23. The van der Waals surface area contributed by atoms with E-state index in [0.717, 1.165) is 0 Å². The molecule has 6 heteroatoms. The first kappa shape index (κ1) is 13.2. The molecule has 0 unspecified atom stereocenters. The summed E-state index contributed by atoms with van der Waals surface area (Å²) in [4.78, 5) is 14.5. The van der Waals surface area contributed by atoms with Crippen LogP contribution in [0.25, 0.3) is 11.5 Å². The maximum absolute atomic E-state index is 13.4. The minimum atomic E-state index is -1.19. The highest BCUT2D eigenvalue weighted by atomic mass is 35.5. The fourth-order valence-electron chi connectivity index (χ4n) is 1.34. The van der Waals surface area contributed by atoms with Gasteiger partial charge in [-0.3, -0.25) is 0 Å². The molecule has 2 aromatic rings. The molecule has 4 nitrogen and oxygen atoms in total. The van der Waals surface area contributed by atoms with E-state index in [1.165, 1.54) is 25.1 Å². The van der Waals surface area contributed by atoms with Crippen LogP contribution in [0.3, 0.4) is 0 Å². The molecule has 0 saturated carbocycles. The summed E-state index contributed by atoms with van der Waals surface area (Å²) in [5.41, 5.74) is -0.0450. The van der Waals surface area contributed by atoms with E-state index in [0.29, 0.717) is 0 Å². The molecule has 1 heterocycles. The van der Waals surface area contributed by atoms with E-state index in [2.05, 4.69) is 4.98 Å². The summed E-state index contributed by atoms with van der Waals surface area (Å²) in [6, 6.07) is 5.90. The first-order valence-corrected chi connectivity index (χ1v) is 4.55. The van der Waals surface area contributed by atoms with Gasteiger partial charge in [-0.15, -0.1) is 12.4 Å². The second kappa shape index (κ2) is 4.97. The zero-order valence-electron chi connectivity index (χ0n) is 8.81. The fourth-order valence-corrected chi connectivity index (χ4v) is 1.34. The van der Waals surface area contributed by atoms with Crippen molar-refractivity contribution in [3.63, 3.8) is 0 Å². The zero-order valence-corrected chi connectivity index (χ0v) is 9.62. The topological polar surface area (TPSA) is 63.3 Å². The van der Waals surface area contributed by atoms with Crippen LogP contribution in [0.4, 0.5) is 4.39 Å². The molecule has 0 bridgehead atoms. The van der Waals surface area contributed by atoms with Crippen LogP contribution < -0.4 is 0 Å². The molecule has 0 aliphatic heterocycles. The Morgan fingerprint density at radius 2 is 2.06 bits per heavy atom. The smallest absolute Gasteiger partial charge is 0.358 e. The van der Waals surface area contributed by atoms with Crippen molar-refractivity contribution in [3.8, 4) is 11.5 Å². The molecule has 2 rings (SSSR count). The number of aryl methyl sites for hydroxylation is 1. The molecule has 0 radical (unpaired) electrons. The monoisotopic (exact) mass is 257 g/mol. The molecule has 0 aliphatic rings. The molecule has 0 aliphatic carbocycles. The summed E-state index contributed by atoms with van der Waals surface area (Å²) in [6.07, 6.45) is 0. The lowest BCUT2D eigenvalue weighted by molar-refractivity contribution is 0.0689. The molecular formula is C11H9ClFNO3. The molecule has 0 spiro atoms. The molecule has 1 aromatic carbocycles. The number of benzene rings is 1. The number of oxazole rings is 1. The van der Waals surface area contributed by atoms with E-state index in [1.54, 1.807) is 6.07 Å². The van der Waals surface area contributed by atoms with E-state index in [-0.39, 0.29) is 35.3 Å². The van der Waals surface area contributed by atoms with Gasteiger partial charge in [0, 0.05) is 0 Å². The first-order valence-electron chi connectivity index (χ1n) is 4.55. The van der Waals surface area contributed by atoms with Crippen molar-refractivity contribution in [1.29, 1.82) is 0 Å². The molecule has 1 N–H and O–H groups in total. The van der Waals surface area contributed by atoms with E-state index >= 15 is 0 Å². The Bertz CT molecular complexity index is 553. The van der Waals surface area contributed by atoms with Gasteiger partial charge in [-0.1, -0.05) is 12.1 Å². The third-order valence-electron chi connectivity index (χ3n) is 2.10. The average Bonchev–Trinajstić information content (AvgIpc) is 2.61. The van der Waals surface area contributed by atoms with Crippen LogP contribution in [0.5, 0.6) is 0 Å².